The summed E-state index contributed by atoms with van der Waals surface area (Å²) in [6.07, 6.45) is 11.4. The summed E-state index contributed by atoms with van der Waals surface area (Å²) in [6, 6.07) is 9.39. The summed E-state index contributed by atoms with van der Waals surface area (Å²) < 4.78 is 2.23. The average Bonchev–Trinajstić information content (AvgIpc) is 3.04. The normalized spacial score (nSPS) is 18.8. The van der Waals surface area contributed by atoms with Gasteiger partial charge >= 0.3 is 0 Å². The molecule has 112 valence electrons. The molecule has 2 heterocycles. The van der Waals surface area contributed by atoms with Crippen molar-refractivity contribution in [3.05, 3.63) is 48.0 Å². The van der Waals surface area contributed by atoms with Crippen molar-refractivity contribution in [2.45, 2.75) is 51.5 Å². The fourth-order valence-corrected chi connectivity index (χ4v) is 3.09. The second-order valence-electron chi connectivity index (χ2n) is 5.96. The van der Waals surface area contributed by atoms with E-state index in [9.17, 15) is 0 Å². The lowest BCUT2D eigenvalue weighted by atomic mass is 10.0. The maximum Gasteiger partial charge on any atom is 0.0994 e. The molecule has 1 aliphatic rings. The molecule has 1 saturated heterocycles. The summed E-state index contributed by atoms with van der Waals surface area (Å²) in [5.74, 6) is 0. The van der Waals surface area contributed by atoms with E-state index in [-0.39, 0.29) is 0 Å². The van der Waals surface area contributed by atoms with Crippen molar-refractivity contribution in [2.24, 2.45) is 0 Å². The predicted molar refractivity (Wildman–Crippen MR) is 86.8 cm³/mol. The van der Waals surface area contributed by atoms with Crippen LogP contribution >= 0.6 is 0 Å². The molecular formula is C18H25N3. The Morgan fingerprint density at radius 1 is 1.24 bits per heavy atom. The van der Waals surface area contributed by atoms with Crippen LogP contribution in [0.4, 0.5) is 0 Å². The number of nitrogens with zero attached hydrogens (tertiary/aromatic N) is 2. The number of nitrogens with one attached hydrogen (secondary N) is 1. The van der Waals surface area contributed by atoms with Crippen LogP contribution in [0.15, 0.2) is 36.8 Å². The van der Waals surface area contributed by atoms with Crippen molar-refractivity contribution in [3.8, 4) is 5.69 Å². The van der Waals surface area contributed by atoms with Crippen LogP contribution < -0.4 is 5.32 Å². The van der Waals surface area contributed by atoms with Gasteiger partial charge in [-0.3, -0.25) is 0 Å². The molecule has 1 unspecified atom stereocenters. The molecule has 1 atom stereocenters. The molecule has 0 amide bonds. The summed E-state index contributed by atoms with van der Waals surface area (Å²) in [5.41, 5.74) is 3.93. The van der Waals surface area contributed by atoms with Gasteiger partial charge in [-0.05, 0) is 49.9 Å². The highest BCUT2D eigenvalue weighted by Gasteiger charge is 2.18. The molecule has 0 aliphatic carbocycles. The zero-order valence-electron chi connectivity index (χ0n) is 12.9. The number of aryl methyl sites for hydroxylation is 1. The minimum atomic E-state index is 0.445. The molecule has 3 heteroatoms. The van der Waals surface area contributed by atoms with Gasteiger partial charge in [0.15, 0.2) is 0 Å². The van der Waals surface area contributed by atoms with Crippen molar-refractivity contribution in [2.75, 3.05) is 6.54 Å². The molecule has 1 N–H and O–H groups in total. The second-order valence-corrected chi connectivity index (χ2v) is 5.96. The summed E-state index contributed by atoms with van der Waals surface area (Å²) in [6.45, 7) is 3.36. The maximum absolute atomic E-state index is 4.37. The minimum Gasteiger partial charge on any atom is -0.309 e. The third-order valence-corrected chi connectivity index (χ3v) is 4.37. The SMILES string of the molecule is CCCCc1ccc(-n2cncc2C2CCCCN2)cc1. The van der Waals surface area contributed by atoms with Crippen molar-refractivity contribution < 1.29 is 0 Å². The van der Waals surface area contributed by atoms with Crippen LogP contribution in [-0.2, 0) is 6.42 Å². The van der Waals surface area contributed by atoms with Crippen molar-refractivity contribution in [3.63, 3.8) is 0 Å². The van der Waals surface area contributed by atoms with Gasteiger partial charge in [0, 0.05) is 11.7 Å². The standard InChI is InChI=1S/C18H25N3/c1-2-3-6-15-8-10-16(11-9-15)21-14-19-13-18(21)17-7-4-5-12-20-17/h8-11,13-14,17,20H,2-7,12H2,1H3. The van der Waals surface area contributed by atoms with Gasteiger partial charge in [0.25, 0.3) is 0 Å². The van der Waals surface area contributed by atoms with Gasteiger partial charge in [-0.1, -0.05) is 31.9 Å². The van der Waals surface area contributed by atoms with Crippen molar-refractivity contribution in [1.29, 1.82) is 0 Å². The van der Waals surface area contributed by atoms with E-state index in [0.29, 0.717) is 6.04 Å². The fourth-order valence-electron chi connectivity index (χ4n) is 3.09. The van der Waals surface area contributed by atoms with Crippen LogP contribution in [0.1, 0.15) is 56.3 Å². The minimum absolute atomic E-state index is 0.445. The lowest BCUT2D eigenvalue weighted by Crippen LogP contribution is -2.28. The Morgan fingerprint density at radius 3 is 2.81 bits per heavy atom. The van der Waals surface area contributed by atoms with Gasteiger partial charge in [-0.2, -0.15) is 0 Å². The largest absolute Gasteiger partial charge is 0.309 e. The quantitative estimate of drug-likeness (QED) is 0.898. The lowest BCUT2D eigenvalue weighted by molar-refractivity contribution is 0.402. The van der Waals surface area contributed by atoms with Crippen LogP contribution in [0.25, 0.3) is 5.69 Å². The monoisotopic (exact) mass is 283 g/mol. The average molecular weight is 283 g/mol. The highest BCUT2D eigenvalue weighted by Crippen LogP contribution is 2.25. The van der Waals surface area contributed by atoms with Gasteiger partial charge in [0.1, 0.15) is 0 Å². The molecule has 21 heavy (non-hydrogen) atoms. The highest BCUT2D eigenvalue weighted by atomic mass is 15.1. The van der Waals surface area contributed by atoms with Gasteiger partial charge < -0.3 is 9.88 Å². The third-order valence-electron chi connectivity index (χ3n) is 4.37. The van der Waals surface area contributed by atoms with E-state index >= 15 is 0 Å². The first-order valence-electron chi connectivity index (χ1n) is 8.23. The Bertz CT molecular complexity index is 550. The number of benzene rings is 1. The van der Waals surface area contributed by atoms with E-state index in [1.54, 1.807) is 0 Å². The molecule has 1 aliphatic heterocycles. The Hall–Kier alpha value is -1.61. The summed E-state index contributed by atoms with van der Waals surface area (Å²) in [4.78, 5) is 4.37. The Labute approximate surface area is 127 Å². The topological polar surface area (TPSA) is 29.9 Å². The number of imidazole rings is 1. The van der Waals surface area contributed by atoms with Crippen LogP contribution in [0.3, 0.4) is 0 Å². The Kier molecular flexibility index (Phi) is 4.71. The van der Waals surface area contributed by atoms with Crippen LogP contribution in [0, 0.1) is 0 Å². The van der Waals surface area contributed by atoms with E-state index in [1.165, 1.54) is 55.5 Å². The van der Waals surface area contributed by atoms with Crippen LogP contribution in [0.5, 0.6) is 0 Å². The molecule has 3 rings (SSSR count). The molecular weight excluding hydrogens is 258 g/mol. The summed E-state index contributed by atoms with van der Waals surface area (Å²) in [5, 5.41) is 3.61. The maximum atomic E-state index is 4.37. The highest BCUT2D eigenvalue weighted by molar-refractivity contribution is 5.37. The fraction of sp³-hybridized carbons (Fsp3) is 0.500. The van der Waals surface area contributed by atoms with E-state index in [2.05, 4.69) is 46.1 Å². The number of hydrogen-bond donors (Lipinski definition) is 1. The van der Waals surface area contributed by atoms with Crippen molar-refractivity contribution in [1.82, 2.24) is 14.9 Å². The van der Waals surface area contributed by atoms with E-state index in [1.807, 2.05) is 12.5 Å². The number of rotatable bonds is 5. The first kappa shape index (κ1) is 14.3. The molecule has 1 aromatic heterocycles. The van der Waals surface area contributed by atoms with Crippen LogP contribution in [-0.4, -0.2) is 16.1 Å². The number of aromatic nitrogens is 2. The van der Waals surface area contributed by atoms with E-state index < -0.39 is 0 Å². The summed E-state index contributed by atoms with van der Waals surface area (Å²) >= 11 is 0. The van der Waals surface area contributed by atoms with Crippen molar-refractivity contribution >= 4 is 0 Å². The Morgan fingerprint density at radius 2 is 2.10 bits per heavy atom. The number of hydrogen-bond acceptors (Lipinski definition) is 2. The summed E-state index contributed by atoms with van der Waals surface area (Å²) in [7, 11) is 0. The molecule has 3 nitrogen and oxygen atoms in total. The molecule has 0 spiro atoms. The van der Waals surface area contributed by atoms with E-state index in [0.717, 1.165) is 6.54 Å². The zero-order valence-corrected chi connectivity index (χ0v) is 12.9. The third kappa shape index (κ3) is 3.35. The first-order chi connectivity index (χ1) is 10.4. The second kappa shape index (κ2) is 6.90. The van der Waals surface area contributed by atoms with Gasteiger partial charge in [0.2, 0.25) is 0 Å². The molecule has 1 fully saturated rings. The first-order valence-corrected chi connectivity index (χ1v) is 8.23. The van der Waals surface area contributed by atoms with Gasteiger partial charge in [-0.25, -0.2) is 4.98 Å². The molecule has 0 bridgehead atoms. The molecule has 0 saturated carbocycles. The van der Waals surface area contributed by atoms with E-state index in [4.69, 9.17) is 0 Å². The molecule has 0 radical (unpaired) electrons. The Balaban J connectivity index is 1.78. The zero-order chi connectivity index (χ0) is 14.5. The van der Waals surface area contributed by atoms with Crippen LogP contribution in [0.2, 0.25) is 0 Å². The lowest BCUT2D eigenvalue weighted by Gasteiger charge is -2.24. The van der Waals surface area contributed by atoms with Gasteiger partial charge in [-0.15, -0.1) is 0 Å². The molecule has 2 aromatic rings. The molecule has 1 aromatic carbocycles. The number of unbranched alkanes of at least 4 members (excludes halogenated alkanes) is 1. The smallest absolute Gasteiger partial charge is 0.0994 e. The van der Waals surface area contributed by atoms with Gasteiger partial charge in [0.05, 0.1) is 18.2 Å². The predicted octanol–water partition coefficient (Wildman–Crippen LogP) is 4.03. The number of piperidine rings is 1.